The van der Waals surface area contributed by atoms with E-state index in [1.54, 1.807) is 13.8 Å². The van der Waals surface area contributed by atoms with E-state index in [0.717, 1.165) is 19.4 Å². The maximum Gasteiger partial charge on any atom is 0.238 e. The first kappa shape index (κ1) is 18.8. The van der Waals surface area contributed by atoms with Gasteiger partial charge in [-0.3, -0.25) is 0 Å². The molecule has 1 saturated heterocycles. The van der Waals surface area contributed by atoms with Gasteiger partial charge in [0, 0.05) is 13.0 Å². The standard InChI is InChI=1S/C9H12ClN5O.C6H12FN/c1-9(2,16)3-6-13-7(10)5-4-12-8(11)14-15(5)6;1-8-4-2-3-6(7)5-8/h4,16H,3H2,1-2H3,(H2,11,14);6H,2-5H2,1H3. The van der Waals surface area contributed by atoms with E-state index in [1.165, 1.54) is 10.7 Å². The minimum atomic E-state index is -0.885. The van der Waals surface area contributed by atoms with Crippen LogP contribution in [0.4, 0.5) is 10.3 Å². The van der Waals surface area contributed by atoms with Gasteiger partial charge in [0.05, 0.1) is 11.8 Å². The van der Waals surface area contributed by atoms with Crippen LogP contribution in [0.15, 0.2) is 6.20 Å². The zero-order valence-corrected chi connectivity index (χ0v) is 15.0. The molecule has 0 aliphatic carbocycles. The van der Waals surface area contributed by atoms with Crippen LogP contribution >= 0.6 is 11.6 Å². The topological polar surface area (TPSA) is 92.6 Å². The molecule has 24 heavy (non-hydrogen) atoms. The van der Waals surface area contributed by atoms with Gasteiger partial charge in [0.25, 0.3) is 0 Å². The predicted molar refractivity (Wildman–Crippen MR) is 91.8 cm³/mol. The fourth-order valence-corrected chi connectivity index (χ4v) is 2.75. The summed E-state index contributed by atoms with van der Waals surface area (Å²) in [6.07, 6.45) is 3.07. The number of piperidine rings is 1. The van der Waals surface area contributed by atoms with E-state index in [2.05, 4.69) is 15.1 Å². The van der Waals surface area contributed by atoms with Crippen LogP contribution < -0.4 is 5.73 Å². The summed E-state index contributed by atoms with van der Waals surface area (Å²) in [6, 6.07) is 0. The van der Waals surface area contributed by atoms with Gasteiger partial charge in [0.2, 0.25) is 5.95 Å². The highest BCUT2D eigenvalue weighted by Gasteiger charge is 2.20. The van der Waals surface area contributed by atoms with Gasteiger partial charge in [-0.05, 0) is 40.3 Å². The van der Waals surface area contributed by atoms with Crippen molar-refractivity contribution in [2.24, 2.45) is 0 Å². The number of likely N-dealkylation sites (tertiary alicyclic amines) is 1. The average molecular weight is 359 g/mol. The number of fused-ring (bicyclic) bond motifs is 1. The predicted octanol–water partition coefficient (Wildman–Crippen LogP) is 1.72. The van der Waals surface area contributed by atoms with Crippen molar-refractivity contribution < 1.29 is 9.50 Å². The maximum absolute atomic E-state index is 12.4. The number of nitrogen functional groups attached to an aromatic ring is 1. The van der Waals surface area contributed by atoms with Crippen LogP contribution in [0.25, 0.3) is 5.52 Å². The van der Waals surface area contributed by atoms with Crippen LogP contribution in [0.5, 0.6) is 0 Å². The van der Waals surface area contributed by atoms with E-state index in [9.17, 15) is 9.50 Å². The van der Waals surface area contributed by atoms with Crippen LogP contribution in [0.1, 0.15) is 32.5 Å². The zero-order chi connectivity index (χ0) is 17.9. The highest BCUT2D eigenvalue weighted by atomic mass is 35.5. The van der Waals surface area contributed by atoms with Crippen molar-refractivity contribution in [1.29, 1.82) is 0 Å². The number of nitrogens with two attached hydrogens (primary N) is 1. The molecule has 3 rings (SSSR count). The lowest BCUT2D eigenvalue weighted by molar-refractivity contribution is 0.0784. The van der Waals surface area contributed by atoms with E-state index in [-0.39, 0.29) is 5.95 Å². The van der Waals surface area contributed by atoms with E-state index in [0.29, 0.717) is 29.5 Å². The number of hydrogen-bond acceptors (Lipinski definition) is 6. The molecule has 0 radical (unpaired) electrons. The van der Waals surface area contributed by atoms with Gasteiger partial charge in [0.15, 0.2) is 5.15 Å². The van der Waals surface area contributed by atoms with Gasteiger partial charge in [-0.15, -0.1) is 5.10 Å². The molecular formula is C15H24ClFN6O. The number of nitrogens with zero attached hydrogens (tertiary/aromatic N) is 5. The molecule has 2 aromatic rings. The second-order valence-corrected chi connectivity index (χ2v) is 7.08. The molecule has 3 N–H and O–H groups in total. The second-order valence-electron chi connectivity index (χ2n) is 6.72. The molecular weight excluding hydrogens is 335 g/mol. The molecule has 1 unspecified atom stereocenters. The molecule has 1 aliphatic heterocycles. The molecule has 0 saturated carbocycles. The summed E-state index contributed by atoms with van der Waals surface area (Å²) in [5, 5.41) is 14.0. The highest BCUT2D eigenvalue weighted by molar-refractivity contribution is 6.32. The SMILES string of the molecule is CC(C)(O)Cc1nc(Cl)c2cnc(N)nn12.CN1CCCC(F)C1. The summed E-state index contributed by atoms with van der Waals surface area (Å²) in [4.78, 5) is 10.00. The van der Waals surface area contributed by atoms with Gasteiger partial charge in [-0.2, -0.15) is 0 Å². The Labute approximate surface area is 145 Å². The van der Waals surface area contributed by atoms with E-state index < -0.39 is 11.8 Å². The molecule has 0 amide bonds. The number of aromatic nitrogens is 4. The first-order chi connectivity index (χ1) is 11.2. The summed E-state index contributed by atoms with van der Waals surface area (Å²) in [5.74, 6) is 0.695. The van der Waals surface area contributed by atoms with Crippen LogP contribution in [0.3, 0.4) is 0 Å². The second kappa shape index (κ2) is 7.58. The lowest BCUT2D eigenvalue weighted by Gasteiger charge is -2.24. The Hall–Kier alpha value is -1.51. The van der Waals surface area contributed by atoms with Crippen molar-refractivity contribution in [2.45, 2.75) is 44.9 Å². The lowest BCUT2D eigenvalue weighted by atomic mass is 10.1. The number of anilines is 1. The van der Waals surface area contributed by atoms with Crippen LogP contribution in [0, 0.1) is 0 Å². The Balaban J connectivity index is 0.000000219. The first-order valence-corrected chi connectivity index (χ1v) is 8.24. The number of alkyl halides is 1. The fraction of sp³-hybridized carbons (Fsp3) is 0.667. The smallest absolute Gasteiger partial charge is 0.238 e. The Morgan fingerprint density at radius 3 is 2.75 bits per heavy atom. The number of imidazole rings is 1. The molecule has 0 bridgehead atoms. The van der Waals surface area contributed by atoms with Crippen LogP contribution in [-0.4, -0.2) is 61.5 Å². The van der Waals surface area contributed by atoms with Crippen LogP contribution in [-0.2, 0) is 6.42 Å². The summed E-state index contributed by atoms with van der Waals surface area (Å²) in [7, 11) is 1.96. The van der Waals surface area contributed by atoms with E-state index in [1.807, 2.05) is 11.9 Å². The molecule has 0 spiro atoms. The monoisotopic (exact) mass is 358 g/mol. The zero-order valence-electron chi connectivity index (χ0n) is 14.2. The largest absolute Gasteiger partial charge is 0.390 e. The van der Waals surface area contributed by atoms with Gasteiger partial charge < -0.3 is 15.7 Å². The number of aliphatic hydroxyl groups is 1. The normalized spacial score (nSPS) is 19.2. The molecule has 0 aromatic carbocycles. The maximum atomic E-state index is 12.4. The van der Waals surface area contributed by atoms with Crippen LogP contribution in [0.2, 0.25) is 5.15 Å². The molecule has 1 atom stereocenters. The molecule has 7 nitrogen and oxygen atoms in total. The Morgan fingerprint density at radius 1 is 1.50 bits per heavy atom. The highest BCUT2D eigenvalue weighted by Crippen LogP contribution is 2.19. The Morgan fingerprint density at radius 2 is 2.21 bits per heavy atom. The number of hydrogen-bond donors (Lipinski definition) is 2. The average Bonchev–Trinajstić information content (AvgIpc) is 2.73. The van der Waals surface area contributed by atoms with Crippen molar-refractivity contribution in [3.8, 4) is 0 Å². The third-order valence-electron chi connectivity index (χ3n) is 3.59. The minimum Gasteiger partial charge on any atom is -0.390 e. The summed E-state index contributed by atoms with van der Waals surface area (Å²) < 4.78 is 13.9. The van der Waals surface area contributed by atoms with Gasteiger partial charge in [-0.1, -0.05) is 11.6 Å². The number of halogens is 2. The molecule has 1 fully saturated rings. The van der Waals surface area contributed by atoms with Gasteiger partial charge >= 0.3 is 0 Å². The summed E-state index contributed by atoms with van der Waals surface area (Å²) >= 11 is 5.92. The number of rotatable bonds is 2. The molecule has 134 valence electrons. The lowest BCUT2D eigenvalue weighted by Crippen LogP contribution is -2.32. The van der Waals surface area contributed by atoms with Gasteiger partial charge in [-0.25, -0.2) is 18.9 Å². The van der Waals surface area contributed by atoms with Gasteiger partial charge in [0.1, 0.15) is 17.5 Å². The Bertz CT molecular complexity index is 678. The third-order valence-corrected chi connectivity index (χ3v) is 3.87. The van der Waals surface area contributed by atoms with Crippen molar-refractivity contribution in [2.75, 3.05) is 25.9 Å². The van der Waals surface area contributed by atoms with Crippen molar-refractivity contribution in [3.05, 3.63) is 17.2 Å². The molecule has 1 aliphatic rings. The third kappa shape index (κ3) is 5.25. The molecule has 3 heterocycles. The molecule has 9 heteroatoms. The van der Waals surface area contributed by atoms with Crippen molar-refractivity contribution in [3.63, 3.8) is 0 Å². The first-order valence-electron chi connectivity index (χ1n) is 7.86. The fourth-order valence-electron chi connectivity index (χ4n) is 2.52. The van der Waals surface area contributed by atoms with Crippen molar-refractivity contribution in [1.82, 2.24) is 24.5 Å². The summed E-state index contributed by atoms with van der Waals surface area (Å²) in [5.41, 5.74) is 5.18. The minimum absolute atomic E-state index is 0.138. The Kier molecular flexibility index (Phi) is 5.95. The van der Waals surface area contributed by atoms with E-state index >= 15 is 0 Å². The molecule has 2 aromatic heterocycles. The van der Waals surface area contributed by atoms with E-state index in [4.69, 9.17) is 17.3 Å². The van der Waals surface area contributed by atoms with Crippen molar-refractivity contribution >= 4 is 23.1 Å². The summed E-state index contributed by atoms with van der Waals surface area (Å²) in [6.45, 7) is 5.08. The quantitative estimate of drug-likeness (QED) is 0.849.